The number of hydrogen-bond donors (Lipinski definition) is 2. The molecule has 0 aliphatic heterocycles. The molecule has 0 amide bonds. The normalized spacial score (nSPS) is 10.6. The summed E-state index contributed by atoms with van der Waals surface area (Å²) in [5, 5.41) is 3.85. The van der Waals surface area contributed by atoms with Crippen LogP contribution in [0.3, 0.4) is 0 Å². The summed E-state index contributed by atoms with van der Waals surface area (Å²) in [4.78, 5) is 7.24. The third kappa shape index (κ3) is 1.82. The second-order valence-electron chi connectivity index (χ2n) is 2.99. The topological polar surface area (TPSA) is 80.7 Å². The van der Waals surface area contributed by atoms with Crippen molar-refractivity contribution in [3.05, 3.63) is 24.2 Å². The fraction of sp³-hybridized carbons (Fsp3) is 0.333. The summed E-state index contributed by atoms with van der Waals surface area (Å²) in [6.45, 7) is 0.639. The summed E-state index contributed by atoms with van der Waals surface area (Å²) in [7, 11) is 0. The zero-order chi connectivity index (χ0) is 9.80. The summed E-state index contributed by atoms with van der Waals surface area (Å²) < 4.78 is 5.05. The van der Waals surface area contributed by atoms with Crippen molar-refractivity contribution >= 4 is 0 Å². The van der Waals surface area contributed by atoms with Crippen molar-refractivity contribution in [1.29, 1.82) is 0 Å². The molecule has 74 valence electrons. The highest BCUT2D eigenvalue weighted by atomic mass is 16.5. The highest BCUT2D eigenvalue weighted by Crippen LogP contribution is 2.12. The first-order valence-electron chi connectivity index (χ1n) is 4.56. The molecule has 0 radical (unpaired) electrons. The van der Waals surface area contributed by atoms with Gasteiger partial charge in [-0.3, -0.25) is 0 Å². The van der Waals surface area contributed by atoms with Crippen LogP contribution in [-0.4, -0.2) is 21.7 Å². The molecule has 0 unspecified atom stereocenters. The molecule has 2 aromatic heterocycles. The highest BCUT2D eigenvalue weighted by Gasteiger charge is 2.07. The van der Waals surface area contributed by atoms with Crippen molar-refractivity contribution < 1.29 is 4.52 Å². The second-order valence-corrected chi connectivity index (χ2v) is 2.99. The Morgan fingerprint density at radius 3 is 3.14 bits per heavy atom. The molecule has 0 fully saturated rings. The van der Waals surface area contributed by atoms with Gasteiger partial charge in [0.1, 0.15) is 0 Å². The lowest BCUT2D eigenvalue weighted by Crippen LogP contribution is -2.00. The van der Waals surface area contributed by atoms with Crippen LogP contribution < -0.4 is 5.73 Å². The molecular formula is C9H12N4O. The van der Waals surface area contributed by atoms with Crippen LogP contribution in [-0.2, 0) is 6.42 Å². The molecule has 0 aliphatic carbocycles. The maximum absolute atomic E-state index is 5.38. The summed E-state index contributed by atoms with van der Waals surface area (Å²) in [6.07, 6.45) is 3.43. The molecule has 0 aliphatic rings. The fourth-order valence-electron chi connectivity index (χ4n) is 1.19. The number of nitrogens with zero attached hydrogens (tertiary/aromatic N) is 2. The van der Waals surface area contributed by atoms with Gasteiger partial charge in [-0.05, 0) is 25.1 Å². The van der Waals surface area contributed by atoms with E-state index in [1.807, 2.05) is 18.3 Å². The van der Waals surface area contributed by atoms with Gasteiger partial charge in [0.2, 0.25) is 11.7 Å². The van der Waals surface area contributed by atoms with E-state index in [9.17, 15) is 0 Å². The number of nitrogens with one attached hydrogen (secondary N) is 1. The molecular weight excluding hydrogens is 180 g/mol. The molecule has 0 atom stereocenters. The lowest BCUT2D eigenvalue weighted by atomic mass is 10.3. The third-order valence-electron chi connectivity index (χ3n) is 1.90. The van der Waals surface area contributed by atoms with Crippen molar-refractivity contribution in [1.82, 2.24) is 15.1 Å². The maximum Gasteiger partial charge on any atom is 0.227 e. The zero-order valence-electron chi connectivity index (χ0n) is 7.73. The van der Waals surface area contributed by atoms with Crippen LogP contribution in [0.4, 0.5) is 0 Å². The molecule has 0 spiro atoms. The molecule has 0 bridgehead atoms. The highest BCUT2D eigenvalue weighted by molar-refractivity contribution is 5.47. The average molecular weight is 192 g/mol. The Balaban J connectivity index is 2.10. The van der Waals surface area contributed by atoms with E-state index >= 15 is 0 Å². The summed E-state index contributed by atoms with van der Waals surface area (Å²) in [5.41, 5.74) is 6.25. The van der Waals surface area contributed by atoms with Gasteiger partial charge in [-0.2, -0.15) is 4.98 Å². The minimum Gasteiger partial charge on any atom is -0.359 e. The van der Waals surface area contributed by atoms with Gasteiger partial charge in [-0.25, -0.2) is 0 Å². The van der Waals surface area contributed by atoms with Crippen LogP contribution >= 0.6 is 0 Å². The lowest BCUT2D eigenvalue weighted by molar-refractivity contribution is 0.376. The first-order chi connectivity index (χ1) is 6.90. The van der Waals surface area contributed by atoms with E-state index in [0.717, 1.165) is 18.5 Å². The van der Waals surface area contributed by atoms with Gasteiger partial charge in [0, 0.05) is 12.6 Å². The minimum absolute atomic E-state index is 0.599. The van der Waals surface area contributed by atoms with Crippen LogP contribution in [0.1, 0.15) is 12.3 Å². The maximum atomic E-state index is 5.38. The van der Waals surface area contributed by atoms with E-state index in [4.69, 9.17) is 10.3 Å². The quantitative estimate of drug-likeness (QED) is 0.755. The number of aromatic nitrogens is 3. The van der Waals surface area contributed by atoms with E-state index in [0.29, 0.717) is 18.3 Å². The fourth-order valence-corrected chi connectivity index (χ4v) is 1.19. The van der Waals surface area contributed by atoms with E-state index in [-0.39, 0.29) is 0 Å². The molecule has 0 aromatic carbocycles. The second kappa shape index (κ2) is 4.06. The SMILES string of the molecule is NCCCc1nc(-c2ccc[nH]2)no1. The molecule has 14 heavy (non-hydrogen) atoms. The Hall–Kier alpha value is -1.62. The number of H-pyrrole nitrogens is 1. The van der Waals surface area contributed by atoms with Gasteiger partial charge in [-0.1, -0.05) is 5.16 Å². The van der Waals surface area contributed by atoms with Crippen LogP contribution in [0.15, 0.2) is 22.9 Å². The van der Waals surface area contributed by atoms with Gasteiger partial charge in [0.05, 0.1) is 5.69 Å². The van der Waals surface area contributed by atoms with Gasteiger partial charge < -0.3 is 15.2 Å². The molecule has 0 saturated heterocycles. The smallest absolute Gasteiger partial charge is 0.227 e. The molecule has 2 heterocycles. The first-order valence-corrected chi connectivity index (χ1v) is 4.56. The summed E-state index contributed by atoms with van der Waals surface area (Å²) in [5.74, 6) is 1.24. The third-order valence-corrected chi connectivity index (χ3v) is 1.90. The van der Waals surface area contributed by atoms with E-state index < -0.39 is 0 Å². The van der Waals surface area contributed by atoms with Crippen molar-refractivity contribution in [2.24, 2.45) is 5.73 Å². The van der Waals surface area contributed by atoms with Crippen LogP contribution in [0.2, 0.25) is 0 Å². The first kappa shape index (κ1) is 8.96. The minimum atomic E-state index is 0.599. The zero-order valence-corrected chi connectivity index (χ0v) is 7.73. The number of hydrogen-bond acceptors (Lipinski definition) is 4. The molecule has 2 aromatic rings. The Morgan fingerprint density at radius 2 is 2.43 bits per heavy atom. The molecule has 3 N–H and O–H groups in total. The standard InChI is InChI=1S/C9H12N4O/c10-5-1-4-8-12-9(13-14-8)7-3-2-6-11-7/h2-3,6,11H,1,4-5,10H2. The predicted molar refractivity (Wildman–Crippen MR) is 51.5 cm³/mol. The van der Waals surface area contributed by atoms with Crippen molar-refractivity contribution in [2.45, 2.75) is 12.8 Å². The largest absolute Gasteiger partial charge is 0.359 e. The molecule has 5 heteroatoms. The Labute approximate surface area is 81.3 Å². The monoisotopic (exact) mass is 192 g/mol. The molecule has 5 nitrogen and oxygen atoms in total. The predicted octanol–water partition coefficient (Wildman–Crippen LogP) is 0.956. The van der Waals surface area contributed by atoms with Gasteiger partial charge >= 0.3 is 0 Å². The van der Waals surface area contributed by atoms with Crippen molar-refractivity contribution in [3.63, 3.8) is 0 Å². The van der Waals surface area contributed by atoms with Gasteiger partial charge in [0.15, 0.2) is 0 Å². The Bertz CT molecular complexity index is 379. The van der Waals surface area contributed by atoms with Crippen molar-refractivity contribution in [2.75, 3.05) is 6.54 Å². The Morgan fingerprint density at radius 1 is 1.50 bits per heavy atom. The molecule has 2 rings (SSSR count). The van der Waals surface area contributed by atoms with Gasteiger partial charge in [-0.15, -0.1) is 0 Å². The van der Waals surface area contributed by atoms with Crippen LogP contribution in [0, 0.1) is 0 Å². The summed E-state index contributed by atoms with van der Waals surface area (Å²) in [6, 6.07) is 3.79. The van der Waals surface area contributed by atoms with E-state index in [2.05, 4.69) is 15.1 Å². The van der Waals surface area contributed by atoms with Crippen LogP contribution in [0.5, 0.6) is 0 Å². The number of aromatic amines is 1. The van der Waals surface area contributed by atoms with Crippen LogP contribution in [0.25, 0.3) is 11.5 Å². The lowest BCUT2D eigenvalue weighted by Gasteiger charge is -1.88. The number of aryl methyl sites for hydroxylation is 1. The van der Waals surface area contributed by atoms with Crippen molar-refractivity contribution in [3.8, 4) is 11.5 Å². The van der Waals surface area contributed by atoms with E-state index in [1.54, 1.807) is 0 Å². The molecule has 0 saturated carbocycles. The summed E-state index contributed by atoms with van der Waals surface area (Å²) >= 11 is 0. The average Bonchev–Trinajstić information content (AvgIpc) is 2.85. The van der Waals surface area contributed by atoms with E-state index in [1.165, 1.54) is 0 Å². The van der Waals surface area contributed by atoms with Gasteiger partial charge in [0.25, 0.3) is 0 Å². The number of nitrogens with two attached hydrogens (primary N) is 1. The Kier molecular flexibility index (Phi) is 2.60. The number of rotatable bonds is 4.